The summed E-state index contributed by atoms with van der Waals surface area (Å²) in [7, 11) is 3.17. The number of hydrogen-bond donors (Lipinski definition) is 1. The zero-order valence-corrected chi connectivity index (χ0v) is 19.9. The van der Waals surface area contributed by atoms with Crippen molar-refractivity contribution >= 4 is 17.1 Å². The Morgan fingerprint density at radius 1 is 1.18 bits per heavy atom. The van der Waals surface area contributed by atoms with E-state index in [0.717, 1.165) is 11.1 Å². The fraction of sp³-hybridized carbons (Fsp3) is 0.320. The number of fused-ring (bicyclic) bond motifs is 1. The topological polar surface area (TPSA) is 112 Å². The van der Waals surface area contributed by atoms with E-state index in [-0.39, 0.29) is 24.3 Å². The van der Waals surface area contributed by atoms with E-state index in [9.17, 15) is 9.59 Å². The van der Waals surface area contributed by atoms with Crippen LogP contribution in [0.4, 0.5) is 0 Å². The number of amides is 1. The molecule has 1 atom stereocenters. The first-order chi connectivity index (χ1) is 16.3. The number of para-hydroxylation sites is 1. The normalized spacial score (nSPS) is 12.0. The van der Waals surface area contributed by atoms with Gasteiger partial charge in [-0.3, -0.25) is 14.2 Å². The highest BCUT2D eigenvalue weighted by atomic mass is 16.5. The van der Waals surface area contributed by atoms with Crippen molar-refractivity contribution in [3.8, 4) is 17.0 Å². The van der Waals surface area contributed by atoms with Gasteiger partial charge >= 0.3 is 0 Å². The van der Waals surface area contributed by atoms with Crippen molar-refractivity contribution in [2.45, 2.75) is 39.7 Å². The van der Waals surface area contributed by atoms with Crippen molar-refractivity contribution in [1.29, 1.82) is 0 Å². The van der Waals surface area contributed by atoms with Gasteiger partial charge in [0.1, 0.15) is 22.7 Å². The predicted octanol–water partition coefficient (Wildman–Crippen LogP) is 3.36. The Morgan fingerprint density at radius 3 is 2.62 bits per heavy atom. The van der Waals surface area contributed by atoms with Gasteiger partial charge < -0.3 is 14.6 Å². The lowest BCUT2D eigenvalue weighted by Crippen LogP contribution is -2.30. The van der Waals surface area contributed by atoms with Crippen LogP contribution in [0.1, 0.15) is 42.1 Å². The molecule has 1 aromatic carbocycles. The third-order valence-corrected chi connectivity index (χ3v) is 5.94. The smallest absolute Gasteiger partial charge is 0.274 e. The lowest BCUT2D eigenvalue weighted by molar-refractivity contribution is -0.120. The van der Waals surface area contributed by atoms with E-state index < -0.39 is 6.04 Å². The van der Waals surface area contributed by atoms with Gasteiger partial charge in [0.2, 0.25) is 5.91 Å². The van der Waals surface area contributed by atoms with Gasteiger partial charge in [0.25, 0.3) is 5.56 Å². The molecule has 1 amide bonds. The van der Waals surface area contributed by atoms with Gasteiger partial charge in [-0.2, -0.15) is 0 Å². The van der Waals surface area contributed by atoms with Crippen molar-refractivity contribution in [2.24, 2.45) is 0 Å². The highest BCUT2D eigenvalue weighted by Gasteiger charge is 2.22. The maximum Gasteiger partial charge on any atom is 0.274 e. The summed E-state index contributed by atoms with van der Waals surface area (Å²) in [5.74, 6) is 1.16. The quantitative estimate of drug-likeness (QED) is 0.449. The summed E-state index contributed by atoms with van der Waals surface area (Å²) in [6.45, 7) is 5.60. The number of aromatic nitrogens is 4. The molecule has 34 heavy (non-hydrogen) atoms. The van der Waals surface area contributed by atoms with E-state index in [4.69, 9.17) is 14.2 Å². The molecule has 0 fully saturated rings. The highest BCUT2D eigenvalue weighted by molar-refractivity contribution is 5.77. The van der Waals surface area contributed by atoms with Gasteiger partial charge in [-0.1, -0.05) is 23.4 Å². The van der Waals surface area contributed by atoms with Gasteiger partial charge in [0, 0.05) is 25.5 Å². The van der Waals surface area contributed by atoms with E-state index >= 15 is 0 Å². The molecule has 0 spiro atoms. The largest absolute Gasteiger partial charge is 0.496 e. The Bertz CT molecular complexity index is 1400. The predicted molar refractivity (Wildman–Crippen MR) is 128 cm³/mol. The molecule has 0 aliphatic carbocycles. The minimum absolute atomic E-state index is 0.155. The van der Waals surface area contributed by atoms with Gasteiger partial charge in [0.05, 0.1) is 30.1 Å². The minimum Gasteiger partial charge on any atom is -0.496 e. The van der Waals surface area contributed by atoms with E-state index in [0.29, 0.717) is 39.8 Å². The molecule has 9 heteroatoms. The fourth-order valence-corrected chi connectivity index (χ4v) is 4.15. The number of nitrogens with one attached hydrogen (secondary N) is 1. The number of aryl methyl sites for hydroxylation is 3. The molecule has 4 aromatic rings. The standard InChI is InChI=1S/C25H27N5O4/c1-14-23(16(3)34-29-14)18-10-11-19-24(28-18)30(15(2)17-8-6-7-9-21(17)33-5)25(32)20(27-19)12-13-22(31)26-4/h6-11,15H,12-13H2,1-5H3,(H,26,31)/t15-/m0/s1. The second-order valence-electron chi connectivity index (χ2n) is 8.06. The third kappa shape index (κ3) is 4.16. The van der Waals surface area contributed by atoms with Crippen LogP contribution in [0, 0.1) is 13.8 Å². The Morgan fingerprint density at radius 2 is 1.94 bits per heavy atom. The molecule has 0 aliphatic heterocycles. The molecule has 3 aromatic heterocycles. The first-order valence-corrected chi connectivity index (χ1v) is 11.0. The van der Waals surface area contributed by atoms with Crippen LogP contribution in [-0.2, 0) is 11.2 Å². The van der Waals surface area contributed by atoms with Crippen LogP contribution >= 0.6 is 0 Å². The summed E-state index contributed by atoms with van der Waals surface area (Å²) < 4.78 is 12.5. The Hall–Kier alpha value is -4.01. The van der Waals surface area contributed by atoms with Gasteiger partial charge in [-0.15, -0.1) is 0 Å². The Labute approximate surface area is 196 Å². The van der Waals surface area contributed by atoms with Crippen LogP contribution < -0.4 is 15.6 Å². The Balaban J connectivity index is 1.96. The molecule has 4 rings (SSSR count). The zero-order chi connectivity index (χ0) is 24.4. The van der Waals surface area contributed by atoms with Crippen LogP contribution in [0.15, 0.2) is 45.7 Å². The van der Waals surface area contributed by atoms with Crippen LogP contribution in [0.3, 0.4) is 0 Å². The minimum atomic E-state index is -0.402. The van der Waals surface area contributed by atoms with Crippen LogP contribution in [-0.4, -0.2) is 39.8 Å². The number of ether oxygens (including phenoxy) is 1. The highest BCUT2D eigenvalue weighted by Crippen LogP contribution is 2.30. The lowest BCUT2D eigenvalue weighted by atomic mass is 10.1. The first kappa shape index (κ1) is 23.2. The molecule has 0 saturated heterocycles. The molecular weight excluding hydrogens is 434 g/mol. The van der Waals surface area contributed by atoms with Gasteiger partial charge in [-0.05, 0) is 39.0 Å². The van der Waals surface area contributed by atoms with Crippen molar-refractivity contribution in [1.82, 2.24) is 25.0 Å². The Kier molecular flexibility index (Phi) is 6.45. The molecule has 0 bridgehead atoms. The average Bonchev–Trinajstić information content (AvgIpc) is 3.19. The van der Waals surface area contributed by atoms with Crippen molar-refractivity contribution in [3.63, 3.8) is 0 Å². The summed E-state index contributed by atoms with van der Waals surface area (Å²) in [6, 6.07) is 10.8. The zero-order valence-electron chi connectivity index (χ0n) is 19.9. The van der Waals surface area contributed by atoms with Crippen LogP contribution in [0.25, 0.3) is 22.4 Å². The van der Waals surface area contributed by atoms with E-state index in [1.54, 1.807) is 18.7 Å². The van der Waals surface area contributed by atoms with E-state index in [1.165, 1.54) is 0 Å². The number of pyridine rings is 1. The first-order valence-electron chi connectivity index (χ1n) is 11.0. The van der Waals surface area contributed by atoms with Gasteiger partial charge in [0.15, 0.2) is 5.65 Å². The average molecular weight is 462 g/mol. The molecule has 3 heterocycles. The molecule has 176 valence electrons. The molecule has 0 unspecified atom stereocenters. The SMILES string of the molecule is CNC(=O)CCc1nc2ccc(-c3c(C)noc3C)nc2n([C@@H](C)c2ccccc2OC)c1=O. The van der Waals surface area contributed by atoms with E-state index in [2.05, 4.69) is 15.5 Å². The van der Waals surface area contributed by atoms with Gasteiger partial charge in [-0.25, -0.2) is 9.97 Å². The maximum atomic E-state index is 13.7. The second kappa shape index (κ2) is 9.46. The second-order valence-corrected chi connectivity index (χ2v) is 8.06. The number of methoxy groups -OCH3 is 1. The fourth-order valence-electron chi connectivity index (χ4n) is 4.15. The third-order valence-electron chi connectivity index (χ3n) is 5.94. The summed E-state index contributed by atoms with van der Waals surface area (Å²) in [5.41, 5.74) is 3.99. The number of carbonyl (C=O) groups excluding carboxylic acids is 1. The molecule has 1 N–H and O–H groups in total. The molecule has 9 nitrogen and oxygen atoms in total. The number of hydrogen-bond acceptors (Lipinski definition) is 7. The van der Waals surface area contributed by atoms with Crippen LogP contribution in [0.5, 0.6) is 5.75 Å². The van der Waals surface area contributed by atoms with Crippen molar-refractivity contribution in [3.05, 3.63) is 69.5 Å². The molecule has 0 aliphatic rings. The van der Waals surface area contributed by atoms with Crippen molar-refractivity contribution in [2.75, 3.05) is 14.2 Å². The lowest BCUT2D eigenvalue weighted by Gasteiger charge is -2.21. The number of rotatable bonds is 7. The summed E-state index contributed by atoms with van der Waals surface area (Å²) in [5, 5.41) is 6.61. The molecule has 0 saturated carbocycles. The van der Waals surface area contributed by atoms with E-state index in [1.807, 2.05) is 57.2 Å². The molecule has 0 radical (unpaired) electrons. The van der Waals surface area contributed by atoms with Crippen molar-refractivity contribution < 1.29 is 14.1 Å². The summed E-state index contributed by atoms with van der Waals surface area (Å²) in [6.07, 6.45) is 0.386. The summed E-state index contributed by atoms with van der Waals surface area (Å²) >= 11 is 0. The number of carbonyl (C=O) groups is 1. The number of benzene rings is 1. The summed E-state index contributed by atoms with van der Waals surface area (Å²) in [4.78, 5) is 34.9. The molecular formula is C25H27N5O4. The van der Waals surface area contributed by atoms with Crippen LogP contribution in [0.2, 0.25) is 0 Å². The monoisotopic (exact) mass is 461 g/mol. The maximum absolute atomic E-state index is 13.7. The number of nitrogens with zero attached hydrogens (tertiary/aromatic N) is 4.